The number of benzene rings is 3. The third kappa shape index (κ3) is 4.38. The molecular weight excluding hydrogens is 308 g/mol. The fourth-order valence-corrected chi connectivity index (χ4v) is 2.99. The Bertz CT molecular complexity index is 848. The molecule has 128 valence electrons. The highest BCUT2D eigenvalue weighted by molar-refractivity contribution is 5.90. The summed E-state index contributed by atoms with van der Waals surface area (Å²) in [6.07, 6.45) is 1.26. The molecule has 0 aromatic heterocycles. The van der Waals surface area contributed by atoms with Gasteiger partial charge in [-0.3, -0.25) is 4.79 Å². The maximum Gasteiger partial charge on any atom is 0.224 e. The molecule has 25 heavy (non-hydrogen) atoms. The Morgan fingerprint density at radius 2 is 1.64 bits per heavy atom. The van der Waals surface area contributed by atoms with Crippen molar-refractivity contribution < 1.29 is 4.79 Å². The van der Waals surface area contributed by atoms with E-state index >= 15 is 0 Å². The largest absolute Gasteiger partial charge is 0.378 e. The predicted molar refractivity (Wildman–Crippen MR) is 105 cm³/mol. The quantitative estimate of drug-likeness (QED) is 0.744. The lowest BCUT2D eigenvalue weighted by molar-refractivity contribution is -0.120. The molecule has 1 N–H and O–H groups in total. The monoisotopic (exact) mass is 332 g/mol. The molecule has 0 saturated carbocycles. The highest BCUT2D eigenvalue weighted by Crippen LogP contribution is 2.18. The van der Waals surface area contributed by atoms with Crippen molar-refractivity contribution in [1.29, 1.82) is 0 Å². The SMILES string of the molecule is CN(C)c1ccc(CCNC(=O)Cc2cccc3ccccc23)cc1. The molecule has 3 heteroatoms. The molecule has 0 bridgehead atoms. The molecule has 0 spiro atoms. The molecular formula is C22H24N2O. The summed E-state index contributed by atoms with van der Waals surface area (Å²) in [7, 11) is 4.06. The van der Waals surface area contributed by atoms with Gasteiger partial charge in [-0.25, -0.2) is 0 Å². The van der Waals surface area contributed by atoms with Crippen molar-refractivity contribution in [2.24, 2.45) is 0 Å². The van der Waals surface area contributed by atoms with Crippen molar-refractivity contribution in [3.8, 4) is 0 Å². The summed E-state index contributed by atoms with van der Waals surface area (Å²) in [5.41, 5.74) is 3.49. The van der Waals surface area contributed by atoms with Crippen LogP contribution in [0, 0.1) is 0 Å². The number of hydrogen-bond acceptors (Lipinski definition) is 2. The van der Waals surface area contributed by atoms with Gasteiger partial charge in [0.1, 0.15) is 0 Å². The summed E-state index contributed by atoms with van der Waals surface area (Å²) in [6.45, 7) is 0.658. The lowest BCUT2D eigenvalue weighted by Crippen LogP contribution is -2.27. The average molecular weight is 332 g/mol. The Hall–Kier alpha value is -2.81. The first-order valence-electron chi connectivity index (χ1n) is 8.63. The second-order valence-corrected chi connectivity index (χ2v) is 6.48. The van der Waals surface area contributed by atoms with Gasteiger partial charge in [0.25, 0.3) is 0 Å². The number of amides is 1. The summed E-state index contributed by atoms with van der Waals surface area (Å²) in [5.74, 6) is 0.0706. The van der Waals surface area contributed by atoms with E-state index in [2.05, 4.69) is 52.7 Å². The van der Waals surface area contributed by atoms with Crippen LogP contribution in [0.5, 0.6) is 0 Å². The molecule has 3 aromatic rings. The van der Waals surface area contributed by atoms with Crippen LogP contribution in [0.4, 0.5) is 5.69 Å². The Kier molecular flexibility index (Phi) is 5.34. The first-order chi connectivity index (χ1) is 12.1. The van der Waals surface area contributed by atoms with Gasteiger partial charge in [-0.15, -0.1) is 0 Å². The third-order valence-corrected chi connectivity index (χ3v) is 4.42. The Morgan fingerprint density at radius 1 is 0.920 bits per heavy atom. The molecule has 3 rings (SSSR count). The van der Waals surface area contributed by atoms with E-state index in [9.17, 15) is 4.79 Å². The molecule has 3 nitrogen and oxygen atoms in total. The summed E-state index contributed by atoms with van der Waals surface area (Å²) in [4.78, 5) is 14.4. The lowest BCUT2D eigenvalue weighted by atomic mass is 10.0. The number of anilines is 1. The van der Waals surface area contributed by atoms with Crippen molar-refractivity contribution in [3.63, 3.8) is 0 Å². The van der Waals surface area contributed by atoms with Gasteiger partial charge in [0.2, 0.25) is 5.91 Å². The number of fused-ring (bicyclic) bond motifs is 1. The van der Waals surface area contributed by atoms with Crippen LogP contribution in [0.25, 0.3) is 10.8 Å². The molecule has 3 aromatic carbocycles. The number of hydrogen-bond donors (Lipinski definition) is 1. The van der Waals surface area contributed by atoms with Gasteiger partial charge in [0.05, 0.1) is 6.42 Å². The smallest absolute Gasteiger partial charge is 0.224 e. The number of carbonyl (C=O) groups excluding carboxylic acids is 1. The van der Waals surface area contributed by atoms with Gasteiger partial charge in [0, 0.05) is 26.3 Å². The van der Waals surface area contributed by atoms with Crippen molar-refractivity contribution in [2.45, 2.75) is 12.8 Å². The third-order valence-electron chi connectivity index (χ3n) is 4.42. The second kappa shape index (κ2) is 7.84. The normalized spacial score (nSPS) is 10.6. The standard InChI is InChI=1S/C22H24N2O/c1-24(2)20-12-10-17(11-13-20)14-15-23-22(25)16-19-8-5-7-18-6-3-4-9-21(18)19/h3-13H,14-16H2,1-2H3,(H,23,25). The van der Waals surface area contributed by atoms with Crippen LogP contribution in [0.2, 0.25) is 0 Å². The van der Waals surface area contributed by atoms with E-state index in [1.807, 2.05) is 38.4 Å². The molecule has 0 heterocycles. The topological polar surface area (TPSA) is 32.3 Å². The zero-order valence-corrected chi connectivity index (χ0v) is 14.8. The van der Waals surface area contributed by atoms with E-state index in [0.29, 0.717) is 13.0 Å². The van der Waals surface area contributed by atoms with Crippen molar-refractivity contribution >= 4 is 22.4 Å². The Balaban J connectivity index is 1.54. The number of nitrogens with one attached hydrogen (secondary N) is 1. The maximum atomic E-state index is 12.3. The van der Waals surface area contributed by atoms with Gasteiger partial charge < -0.3 is 10.2 Å². The minimum Gasteiger partial charge on any atom is -0.378 e. The lowest BCUT2D eigenvalue weighted by Gasteiger charge is -2.13. The predicted octanol–water partition coefficient (Wildman–Crippen LogP) is 3.81. The van der Waals surface area contributed by atoms with Gasteiger partial charge in [0.15, 0.2) is 0 Å². The highest BCUT2D eigenvalue weighted by Gasteiger charge is 2.06. The van der Waals surface area contributed by atoms with Crippen LogP contribution in [0.15, 0.2) is 66.7 Å². The molecule has 0 unspecified atom stereocenters. The van der Waals surface area contributed by atoms with Gasteiger partial charge in [-0.2, -0.15) is 0 Å². The molecule has 1 amide bonds. The zero-order valence-electron chi connectivity index (χ0n) is 14.8. The minimum atomic E-state index is 0.0706. The van der Waals surface area contributed by atoms with Crippen LogP contribution in [-0.2, 0) is 17.6 Å². The molecule has 0 saturated heterocycles. The van der Waals surface area contributed by atoms with E-state index in [1.165, 1.54) is 16.6 Å². The van der Waals surface area contributed by atoms with E-state index in [0.717, 1.165) is 17.4 Å². The Morgan fingerprint density at radius 3 is 2.40 bits per heavy atom. The number of nitrogens with zero attached hydrogens (tertiary/aromatic N) is 1. The fourth-order valence-electron chi connectivity index (χ4n) is 2.99. The van der Waals surface area contributed by atoms with E-state index in [-0.39, 0.29) is 5.91 Å². The van der Waals surface area contributed by atoms with E-state index < -0.39 is 0 Å². The molecule has 0 aliphatic heterocycles. The van der Waals surface area contributed by atoms with E-state index in [4.69, 9.17) is 0 Å². The second-order valence-electron chi connectivity index (χ2n) is 6.48. The molecule has 0 radical (unpaired) electrons. The van der Waals surface area contributed by atoms with Crippen LogP contribution < -0.4 is 10.2 Å². The summed E-state index contributed by atoms with van der Waals surface area (Å²) in [6, 6.07) is 22.7. The highest BCUT2D eigenvalue weighted by atomic mass is 16.1. The zero-order chi connectivity index (χ0) is 17.6. The number of rotatable bonds is 6. The first kappa shape index (κ1) is 17.0. The molecule has 0 aliphatic rings. The van der Waals surface area contributed by atoms with E-state index in [1.54, 1.807) is 0 Å². The average Bonchev–Trinajstić information content (AvgIpc) is 2.62. The van der Waals surface area contributed by atoms with Gasteiger partial charge in [-0.05, 0) is 40.5 Å². The van der Waals surface area contributed by atoms with Crippen LogP contribution >= 0.6 is 0 Å². The molecule has 0 fully saturated rings. The van der Waals surface area contributed by atoms with Gasteiger partial charge in [-0.1, -0.05) is 54.6 Å². The summed E-state index contributed by atoms with van der Waals surface area (Å²) >= 11 is 0. The van der Waals surface area contributed by atoms with Gasteiger partial charge >= 0.3 is 0 Å². The van der Waals surface area contributed by atoms with Crippen LogP contribution in [0.1, 0.15) is 11.1 Å². The summed E-state index contributed by atoms with van der Waals surface area (Å²) < 4.78 is 0. The fraction of sp³-hybridized carbons (Fsp3) is 0.227. The first-order valence-corrected chi connectivity index (χ1v) is 8.63. The van der Waals surface area contributed by atoms with Crippen LogP contribution in [0.3, 0.4) is 0 Å². The Labute approximate surface area is 149 Å². The van der Waals surface area contributed by atoms with Crippen LogP contribution in [-0.4, -0.2) is 26.5 Å². The number of carbonyl (C=O) groups is 1. The van der Waals surface area contributed by atoms with Crippen molar-refractivity contribution in [2.75, 3.05) is 25.5 Å². The molecule has 0 atom stereocenters. The minimum absolute atomic E-state index is 0.0706. The van der Waals surface area contributed by atoms with Crippen molar-refractivity contribution in [3.05, 3.63) is 77.9 Å². The molecule has 0 aliphatic carbocycles. The van der Waals surface area contributed by atoms with Crippen molar-refractivity contribution in [1.82, 2.24) is 5.32 Å². The summed E-state index contributed by atoms with van der Waals surface area (Å²) in [5, 5.41) is 5.36. The maximum absolute atomic E-state index is 12.3.